The first-order chi connectivity index (χ1) is 9.29. The zero-order valence-electron chi connectivity index (χ0n) is 11.3. The molecule has 1 heterocycles. The Bertz CT molecular complexity index is 402. The van der Waals surface area contributed by atoms with Gasteiger partial charge in [0.15, 0.2) is 0 Å². The van der Waals surface area contributed by atoms with Crippen LogP contribution in [0.5, 0.6) is 0 Å². The maximum absolute atomic E-state index is 11.4. The molecule has 0 radical (unpaired) electrons. The molecule has 5 heteroatoms. The SMILES string of the molecule is CCOC(=O)c1ccc(NCCCNC2CC2)nc1. The Labute approximate surface area is 113 Å². The van der Waals surface area contributed by atoms with E-state index in [1.807, 2.05) is 0 Å². The van der Waals surface area contributed by atoms with Crippen LogP contribution in [0.25, 0.3) is 0 Å². The second kappa shape index (κ2) is 7.09. The number of nitrogens with one attached hydrogen (secondary N) is 2. The molecule has 104 valence electrons. The number of anilines is 1. The maximum atomic E-state index is 11.4. The molecule has 1 aromatic heterocycles. The van der Waals surface area contributed by atoms with Crippen molar-refractivity contribution in [3.05, 3.63) is 23.9 Å². The number of esters is 1. The molecule has 0 aliphatic heterocycles. The Balaban J connectivity index is 1.67. The summed E-state index contributed by atoms with van der Waals surface area (Å²) in [4.78, 5) is 15.6. The van der Waals surface area contributed by atoms with Crippen molar-refractivity contribution in [1.82, 2.24) is 10.3 Å². The number of nitrogens with zero attached hydrogens (tertiary/aromatic N) is 1. The number of hydrogen-bond donors (Lipinski definition) is 2. The van der Waals surface area contributed by atoms with Crippen molar-refractivity contribution < 1.29 is 9.53 Å². The molecule has 0 bridgehead atoms. The largest absolute Gasteiger partial charge is 0.462 e. The summed E-state index contributed by atoms with van der Waals surface area (Å²) in [6.07, 6.45) is 5.26. The molecule has 1 aromatic rings. The second-order valence-corrected chi connectivity index (χ2v) is 4.66. The molecule has 1 saturated carbocycles. The standard InChI is InChI=1S/C14H21N3O2/c1-2-19-14(18)11-4-7-13(17-10-11)16-9-3-8-15-12-5-6-12/h4,7,10,12,15H,2-3,5-6,8-9H2,1H3,(H,16,17). The molecule has 2 rings (SSSR count). The van der Waals surface area contributed by atoms with E-state index in [9.17, 15) is 4.79 Å². The summed E-state index contributed by atoms with van der Waals surface area (Å²) >= 11 is 0. The van der Waals surface area contributed by atoms with Crippen LogP contribution in [0.1, 0.15) is 36.5 Å². The maximum Gasteiger partial charge on any atom is 0.339 e. The Morgan fingerprint density at radius 2 is 2.26 bits per heavy atom. The molecule has 0 saturated heterocycles. The van der Waals surface area contributed by atoms with Gasteiger partial charge < -0.3 is 15.4 Å². The molecule has 0 amide bonds. The summed E-state index contributed by atoms with van der Waals surface area (Å²) < 4.78 is 4.90. The van der Waals surface area contributed by atoms with Gasteiger partial charge in [-0.25, -0.2) is 9.78 Å². The summed E-state index contributed by atoms with van der Waals surface area (Å²) in [7, 11) is 0. The van der Waals surface area contributed by atoms with Crippen molar-refractivity contribution in [2.45, 2.75) is 32.2 Å². The Morgan fingerprint density at radius 3 is 2.89 bits per heavy atom. The minimum absolute atomic E-state index is 0.324. The second-order valence-electron chi connectivity index (χ2n) is 4.66. The molecule has 0 aromatic carbocycles. The zero-order valence-corrected chi connectivity index (χ0v) is 11.3. The van der Waals surface area contributed by atoms with E-state index in [1.165, 1.54) is 12.8 Å². The minimum Gasteiger partial charge on any atom is -0.462 e. The number of carbonyl (C=O) groups excluding carboxylic acids is 1. The highest BCUT2D eigenvalue weighted by Gasteiger charge is 2.19. The third-order valence-corrected chi connectivity index (χ3v) is 2.94. The number of aromatic nitrogens is 1. The van der Waals surface area contributed by atoms with E-state index in [2.05, 4.69) is 15.6 Å². The van der Waals surface area contributed by atoms with Crippen LogP contribution in [-0.4, -0.2) is 36.7 Å². The smallest absolute Gasteiger partial charge is 0.339 e. The number of pyridine rings is 1. The van der Waals surface area contributed by atoms with Crippen LogP contribution >= 0.6 is 0 Å². The van der Waals surface area contributed by atoms with Gasteiger partial charge in [-0.1, -0.05) is 0 Å². The summed E-state index contributed by atoms with van der Waals surface area (Å²) in [6.45, 7) is 4.09. The van der Waals surface area contributed by atoms with Gasteiger partial charge in [0.25, 0.3) is 0 Å². The summed E-state index contributed by atoms with van der Waals surface area (Å²) in [5.74, 6) is 0.467. The lowest BCUT2D eigenvalue weighted by Gasteiger charge is -2.07. The molecule has 0 atom stereocenters. The molecular formula is C14H21N3O2. The van der Waals surface area contributed by atoms with Crippen molar-refractivity contribution in [3.8, 4) is 0 Å². The quantitative estimate of drug-likeness (QED) is 0.553. The van der Waals surface area contributed by atoms with Crippen LogP contribution in [0.15, 0.2) is 18.3 Å². The van der Waals surface area contributed by atoms with Gasteiger partial charge in [0.1, 0.15) is 5.82 Å². The van der Waals surface area contributed by atoms with Crippen molar-refractivity contribution in [2.24, 2.45) is 0 Å². The molecule has 1 fully saturated rings. The van der Waals surface area contributed by atoms with E-state index in [0.717, 1.165) is 31.4 Å². The average molecular weight is 263 g/mol. The van der Waals surface area contributed by atoms with Crippen LogP contribution < -0.4 is 10.6 Å². The highest BCUT2D eigenvalue weighted by molar-refractivity contribution is 5.89. The monoisotopic (exact) mass is 263 g/mol. The van der Waals surface area contributed by atoms with E-state index < -0.39 is 0 Å². The van der Waals surface area contributed by atoms with E-state index in [-0.39, 0.29) is 5.97 Å². The van der Waals surface area contributed by atoms with E-state index >= 15 is 0 Å². The van der Waals surface area contributed by atoms with Crippen molar-refractivity contribution in [3.63, 3.8) is 0 Å². The van der Waals surface area contributed by atoms with Crippen molar-refractivity contribution in [1.29, 1.82) is 0 Å². The van der Waals surface area contributed by atoms with Gasteiger partial charge in [-0.2, -0.15) is 0 Å². The Kier molecular flexibility index (Phi) is 5.15. The molecule has 2 N–H and O–H groups in total. The third-order valence-electron chi connectivity index (χ3n) is 2.94. The molecule has 5 nitrogen and oxygen atoms in total. The third kappa shape index (κ3) is 4.87. The van der Waals surface area contributed by atoms with Crippen LogP contribution in [0.2, 0.25) is 0 Å². The van der Waals surface area contributed by atoms with Crippen LogP contribution in [0.3, 0.4) is 0 Å². The first kappa shape index (κ1) is 13.8. The Morgan fingerprint density at radius 1 is 1.42 bits per heavy atom. The van der Waals surface area contributed by atoms with Gasteiger partial charge in [-0.05, 0) is 44.9 Å². The number of rotatable bonds is 8. The molecule has 19 heavy (non-hydrogen) atoms. The molecule has 0 unspecified atom stereocenters. The van der Waals surface area contributed by atoms with E-state index in [1.54, 1.807) is 25.3 Å². The predicted molar refractivity (Wildman–Crippen MR) is 74.3 cm³/mol. The van der Waals surface area contributed by atoms with Crippen molar-refractivity contribution >= 4 is 11.8 Å². The molecule has 0 spiro atoms. The lowest BCUT2D eigenvalue weighted by Crippen LogP contribution is -2.20. The number of ether oxygens (including phenoxy) is 1. The van der Waals surface area contributed by atoms with E-state index in [4.69, 9.17) is 4.74 Å². The molecule has 1 aliphatic carbocycles. The van der Waals surface area contributed by atoms with E-state index in [0.29, 0.717) is 12.2 Å². The van der Waals surface area contributed by atoms with Gasteiger partial charge in [0.05, 0.1) is 12.2 Å². The van der Waals surface area contributed by atoms with Gasteiger partial charge in [0, 0.05) is 18.8 Å². The molecule has 1 aliphatic rings. The fraction of sp³-hybridized carbons (Fsp3) is 0.571. The number of hydrogen-bond acceptors (Lipinski definition) is 5. The van der Waals surface area contributed by atoms with Gasteiger partial charge in [-0.3, -0.25) is 0 Å². The highest BCUT2D eigenvalue weighted by Crippen LogP contribution is 2.18. The normalized spacial score (nSPS) is 14.2. The highest BCUT2D eigenvalue weighted by atomic mass is 16.5. The van der Waals surface area contributed by atoms with Gasteiger partial charge in [0.2, 0.25) is 0 Å². The molecular weight excluding hydrogens is 242 g/mol. The predicted octanol–water partition coefficient (Wildman–Crippen LogP) is 1.81. The van der Waals surface area contributed by atoms with Crippen LogP contribution in [0.4, 0.5) is 5.82 Å². The van der Waals surface area contributed by atoms with Gasteiger partial charge in [-0.15, -0.1) is 0 Å². The fourth-order valence-electron chi connectivity index (χ4n) is 1.73. The summed E-state index contributed by atoms with van der Waals surface area (Å²) in [5.41, 5.74) is 0.489. The number of carbonyl (C=O) groups is 1. The lowest BCUT2D eigenvalue weighted by molar-refractivity contribution is 0.0526. The Hall–Kier alpha value is -1.62. The topological polar surface area (TPSA) is 63.2 Å². The lowest BCUT2D eigenvalue weighted by atomic mass is 10.3. The summed E-state index contributed by atoms with van der Waals surface area (Å²) in [5, 5.41) is 6.69. The average Bonchev–Trinajstić information content (AvgIpc) is 3.23. The van der Waals surface area contributed by atoms with Crippen LogP contribution in [0, 0.1) is 0 Å². The first-order valence-electron chi connectivity index (χ1n) is 6.90. The van der Waals surface area contributed by atoms with Gasteiger partial charge >= 0.3 is 5.97 Å². The fourth-order valence-corrected chi connectivity index (χ4v) is 1.73. The first-order valence-corrected chi connectivity index (χ1v) is 6.90. The summed E-state index contributed by atoms with van der Waals surface area (Å²) in [6, 6.07) is 4.30. The van der Waals surface area contributed by atoms with Crippen molar-refractivity contribution in [2.75, 3.05) is 25.0 Å². The zero-order chi connectivity index (χ0) is 13.5. The van der Waals surface area contributed by atoms with Crippen LogP contribution in [-0.2, 0) is 4.74 Å². The minimum atomic E-state index is -0.324.